The zero-order valence-corrected chi connectivity index (χ0v) is 10.3. The topological polar surface area (TPSA) is 41.1 Å². The highest BCUT2D eigenvalue weighted by Gasteiger charge is 2.21. The highest BCUT2D eigenvalue weighted by atomic mass is 16.2. The van der Waals surface area contributed by atoms with Crippen molar-refractivity contribution in [3.63, 3.8) is 0 Å². The molecular formula is C14H20N2O. The molecule has 0 saturated carbocycles. The minimum Gasteiger partial charge on any atom is -0.348 e. The molecule has 1 fully saturated rings. The summed E-state index contributed by atoms with van der Waals surface area (Å²) in [6, 6.07) is 10.1. The van der Waals surface area contributed by atoms with E-state index in [1.54, 1.807) is 0 Å². The van der Waals surface area contributed by atoms with E-state index >= 15 is 0 Å². The Bertz CT molecular complexity index is 358. The Labute approximate surface area is 103 Å². The van der Waals surface area contributed by atoms with Gasteiger partial charge in [-0.25, -0.2) is 0 Å². The highest BCUT2D eigenvalue weighted by Crippen LogP contribution is 2.13. The van der Waals surface area contributed by atoms with Crippen molar-refractivity contribution < 1.29 is 4.79 Å². The fourth-order valence-electron chi connectivity index (χ4n) is 2.21. The standard InChI is InChI=1S/C14H20N2O/c1-11(12-7-3-2-4-8-12)16-14(17)13-9-5-6-10-15-13/h2-4,7-8,11,13,15H,5-6,9-10H2,1H3,(H,16,17)/t11-,13-/m0/s1. The predicted octanol–water partition coefficient (Wildman–Crippen LogP) is 2.01. The molecule has 2 atom stereocenters. The fourth-order valence-corrected chi connectivity index (χ4v) is 2.21. The van der Waals surface area contributed by atoms with Gasteiger partial charge in [0, 0.05) is 0 Å². The zero-order chi connectivity index (χ0) is 12.1. The lowest BCUT2D eigenvalue weighted by atomic mass is 10.0. The average Bonchev–Trinajstić information content (AvgIpc) is 2.40. The van der Waals surface area contributed by atoms with Crippen molar-refractivity contribution in [2.45, 2.75) is 38.3 Å². The van der Waals surface area contributed by atoms with Crippen LogP contribution in [0.25, 0.3) is 0 Å². The molecule has 0 radical (unpaired) electrons. The van der Waals surface area contributed by atoms with Gasteiger partial charge in [-0.2, -0.15) is 0 Å². The van der Waals surface area contributed by atoms with Gasteiger partial charge < -0.3 is 10.6 Å². The summed E-state index contributed by atoms with van der Waals surface area (Å²) in [5.74, 6) is 0.126. The monoisotopic (exact) mass is 232 g/mol. The van der Waals surface area contributed by atoms with Crippen LogP contribution in [0.4, 0.5) is 0 Å². The zero-order valence-electron chi connectivity index (χ0n) is 10.3. The number of hydrogen-bond donors (Lipinski definition) is 2. The maximum Gasteiger partial charge on any atom is 0.237 e. The summed E-state index contributed by atoms with van der Waals surface area (Å²) in [6.45, 7) is 2.98. The van der Waals surface area contributed by atoms with E-state index < -0.39 is 0 Å². The van der Waals surface area contributed by atoms with Crippen molar-refractivity contribution in [1.29, 1.82) is 0 Å². The van der Waals surface area contributed by atoms with Crippen molar-refractivity contribution in [2.24, 2.45) is 0 Å². The van der Waals surface area contributed by atoms with Crippen molar-refractivity contribution >= 4 is 5.91 Å². The minimum absolute atomic E-state index is 0.00471. The van der Waals surface area contributed by atoms with E-state index in [-0.39, 0.29) is 18.0 Å². The van der Waals surface area contributed by atoms with Crippen LogP contribution in [0, 0.1) is 0 Å². The number of carbonyl (C=O) groups excluding carboxylic acids is 1. The van der Waals surface area contributed by atoms with Gasteiger partial charge in [0.15, 0.2) is 0 Å². The molecule has 2 rings (SSSR count). The summed E-state index contributed by atoms with van der Waals surface area (Å²) in [7, 11) is 0. The van der Waals surface area contributed by atoms with Gasteiger partial charge in [0.05, 0.1) is 12.1 Å². The maximum absolute atomic E-state index is 12.0. The number of amides is 1. The molecular weight excluding hydrogens is 212 g/mol. The van der Waals surface area contributed by atoms with Crippen LogP contribution in [0.3, 0.4) is 0 Å². The fraction of sp³-hybridized carbons (Fsp3) is 0.500. The van der Waals surface area contributed by atoms with Gasteiger partial charge in [-0.15, -0.1) is 0 Å². The maximum atomic E-state index is 12.0. The lowest BCUT2D eigenvalue weighted by Gasteiger charge is -2.24. The van der Waals surface area contributed by atoms with Crippen LogP contribution in [-0.4, -0.2) is 18.5 Å². The predicted molar refractivity (Wildman–Crippen MR) is 68.6 cm³/mol. The van der Waals surface area contributed by atoms with Gasteiger partial charge in [-0.05, 0) is 31.9 Å². The molecule has 1 aliphatic rings. The molecule has 3 heteroatoms. The van der Waals surface area contributed by atoms with Crippen molar-refractivity contribution in [3.05, 3.63) is 35.9 Å². The molecule has 0 spiro atoms. The lowest BCUT2D eigenvalue weighted by Crippen LogP contribution is -2.47. The third-order valence-corrected chi connectivity index (χ3v) is 3.29. The normalized spacial score (nSPS) is 21.8. The van der Waals surface area contributed by atoms with E-state index in [0.29, 0.717) is 0 Å². The first kappa shape index (κ1) is 12.1. The highest BCUT2D eigenvalue weighted by molar-refractivity contribution is 5.82. The number of nitrogens with one attached hydrogen (secondary N) is 2. The Morgan fingerprint density at radius 3 is 2.76 bits per heavy atom. The van der Waals surface area contributed by atoms with Gasteiger partial charge in [-0.3, -0.25) is 4.79 Å². The lowest BCUT2D eigenvalue weighted by molar-refractivity contribution is -0.124. The first-order chi connectivity index (χ1) is 8.27. The van der Waals surface area contributed by atoms with Crippen molar-refractivity contribution in [2.75, 3.05) is 6.54 Å². The molecule has 1 saturated heterocycles. The third-order valence-electron chi connectivity index (χ3n) is 3.29. The Balaban J connectivity index is 1.89. The Morgan fingerprint density at radius 2 is 2.12 bits per heavy atom. The number of carbonyl (C=O) groups is 1. The molecule has 1 aliphatic heterocycles. The molecule has 17 heavy (non-hydrogen) atoms. The molecule has 0 unspecified atom stereocenters. The van der Waals surface area contributed by atoms with E-state index in [1.807, 2.05) is 37.3 Å². The largest absolute Gasteiger partial charge is 0.348 e. The van der Waals surface area contributed by atoms with Gasteiger partial charge in [0.1, 0.15) is 0 Å². The molecule has 0 aromatic heterocycles. The first-order valence-corrected chi connectivity index (χ1v) is 6.36. The van der Waals surface area contributed by atoms with Crippen LogP contribution in [-0.2, 0) is 4.79 Å². The van der Waals surface area contributed by atoms with E-state index in [0.717, 1.165) is 24.9 Å². The Morgan fingerprint density at radius 1 is 1.35 bits per heavy atom. The quantitative estimate of drug-likeness (QED) is 0.837. The SMILES string of the molecule is C[C@H](NC(=O)[C@@H]1CCCCN1)c1ccccc1. The second kappa shape index (κ2) is 5.82. The Hall–Kier alpha value is -1.35. The van der Waals surface area contributed by atoms with Crippen LogP contribution in [0.5, 0.6) is 0 Å². The molecule has 0 aliphatic carbocycles. The molecule has 92 valence electrons. The second-order valence-electron chi connectivity index (χ2n) is 4.64. The van der Waals surface area contributed by atoms with Gasteiger partial charge in [0.2, 0.25) is 5.91 Å². The van der Waals surface area contributed by atoms with E-state index in [2.05, 4.69) is 10.6 Å². The summed E-state index contributed by atoms with van der Waals surface area (Å²) in [5, 5.41) is 6.33. The molecule has 3 nitrogen and oxygen atoms in total. The van der Waals surface area contributed by atoms with Crippen LogP contribution >= 0.6 is 0 Å². The second-order valence-corrected chi connectivity index (χ2v) is 4.64. The summed E-state index contributed by atoms with van der Waals surface area (Å²) in [5.41, 5.74) is 1.15. The average molecular weight is 232 g/mol. The summed E-state index contributed by atoms with van der Waals surface area (Å²) in [6.07, 6.45) is 3.27. The van der Waals surface area contributed by atoms with Crippen LogP contribution in [0.1, 0.15) is 37.8 Å². The molecule has 0 bridgehead atoms. The van der Waals surface area contributed by atoms with Crippen molar-refractivity contribution in [3.8, 4) is 0 Å². The minimum atomic E-state index is -0.00471. The van der Waals surface area contributed by atoms with Crippen LogP contribution < -0.4 is 10.6 Å². The third kappa shape index (κ3) is 3.30. The van der Waals surface area contributed by atoms with Crippen molar-refractivity contribution in [1.82, 2.24) is 10.6 Å². The smallest absolute Gasteiger partial charge is 0.237 e. The number of benzene rings is 1. The number of rotatable bonds is 3. The van der Waals surface area contributed by atoms with E-state index in [9.17, 15) is 4.79 Å². The number of piperidine rings is 1. The van der Waals surface area contributed by atoms with Crippen LogP contribution in [0.2, 0.25) is 0 Å². The summed E-state index contributed by atoms with van der Waals surface area (Å²) >= 11 is 0. The molecule has 1 heterocycles. The molecule has 1 aromatic carbocycles. The van der Waals surface area contributed by atoms with Crippen LogP contribution in [0.15, 0.2) is 30.3 Å². The first-order valence-electron chi connectivity index (χ1n) is 6.36. The van der Waals surface area contributed by atoms with Gasteiger partial charge in [-0.1, -0.05) is 36.8 Å². The Kier molecular flexibility index (Phi) is 4.15. The molecule has 1 aromatic rings. The molecule has 2 N–H and O–H groups in total. The summed E-state index contributed by atoms with van der Waals surface area (Å²) in [4.78, 5) is 12.0. The van der Waals surface area contributed by atoms with Gasteiger partial charge in [0.25, 0.3) is 0 Å². The van der Waals surface area contributed by atoms with E-state index in [4.69, 9.17) is 0 Å². The molecule has 1 amide bonds. The van der Waals surface area contributed by atoms with Gasteiger partial charge >= 0.3 is 0 Å². The van der Waals surface area contributed by atoms with E-state index in [1.165, 1.54) is 6.42 Å². The summed E-state index contributed by atoms with van der Waals surface area (Å²) < 4.78 is 0. The number of hydrogen-bond acceptors (Lipinski definition) is 2.